The maximum atomic E-state index is 5.38. The third-order valence-electron chi connectivity index (χ3n) is 2.98. The van der Waals surface area contributed by atoms with E-state index in [-0.39, 0.29) is 0 Å². The van der Waals surface area contributed by atoms with Gasteiger partial charge in [0.1, 0.15) is 5.75 Å². The molecule has 1 aliphatic heterocycles. The van der Waals surface area contributed by atoms with Crippen molar-refractivity contribution in [3.05, 3.63) is 29.3 Å². The third-order valence-corrected chi connectivity index (χ3v) is 2.98. The second-order valence-corrected chi connectivity index (χ2v) is 4.37. The molecule has 0 spiro atoms. The van der Waals surface area contributed by atoms with Crippen molar-refractivity contribution >= 4 is 0 Å². The average molecular weight is 221 g/mol. The highest BCUT2D eigenvalue weighted by molar-refractivity contribution is 5.38. The van der Waals surface area contributed by atoms with E-state index in [0.717, 1.165) is 19.0 Å². The second-order valence-electron chi connectivity index (χ2n) is 4.37. The Morgan fingerprint density at radius 2 is 2.19 bits per heavy atom. The van der Waals surface area contributed by atoms with Crippen molar-refractivity contribution in [1.82, 2.24) is 5.32 Å². The summed E-state index contributed by atoms with van der Waals surface area (Å²) in [6.07, 6.45) is 0. The summed E-state index contributed by atoms with van der Waals surface area (Å²) in [6.45, 7) is 5.90. The minimum atomic E-state index is 0.295. The van der Waals surface area contributed by atoms with Crippen LogP contribution in [0.1, 0.15) is 24.1 Å². The molecule has 0 amide bonds. The lowest BCUT2D eigenvalue weighted by molar-refractivity contribution is -0.00934. The van der Waals surface area contributed by atoms with Gasteiger partial charge in [0.15, 0.2) is 0 Å². The molecule has 0 saturated carbocycles. The van der Waals surface area contributed by atoms with E-state index < -0.39 is 0 Å². The van der Waals surface area contributed by atoms with Crippen LogP contribution in [0.5, 0.6) is 5.75 Å². The van der Waals surface area contributed by atoms with Gasteiger partial charge in [-0.2, -0.15) is 0 Å². The number of hydrogen-bond donors (Lipinski definition) is 1. The highest BCUT2D eigenvalue weighted by Crippen LogP contribution is 2.26. The van der Waals surface area contributed by atoms with Gasteiger partial charge in [0, 0.05) is 11.6 Å². The number of benzene rings is 1. The highest BCUT2D eigenvalue weighted by Gasteiger charge is 2.22. The maximum Gasteiger partial charge on any atom is 0.123 e. The summed E-state index contributed by atoms with van der Waals surface area (Å²) in [7, 11) is 1.72. The van der Waals surface area contributed by atoms with Crippen LogP contribution in [0.15, 0.2) is 18.2 Å². The van der Waals surface area contributed by atoms with E-state index >= 15 is 0 Å². The minimum Gasteiger partial charge on any atom is -0.496 e. The Bertz CT molecular complexity index is 361. The lowest BCUT2D eigenvalue weighted by Gasteiger charge is -2.30. The molecule has 3 heteroatoms. The quantitative estimate of drug-likeness (QED) is 0.844. The fourth-order valence-corrected chi connectivity index (χ4v) is 1.97. The molecular weight excluding hydrogens is 202 g/mol. The van der Waals surface area contributed by atoms with Crippen molar-refractivity contribution < 1.29 is 9.47 Å². The molecule has 2 rings (SSSR count). The predicted molar refractivity (Wildman–Crippen MR) is 63.9 cm³/mol. The van der Waals surface area contributed by atoms with Gasteiger partial charge in [-0.1, -0.05) is 17.7 Å². The SMILES string of the molecule is COc1ccc(C)cc1C(C)NC1COC1. The molecule has 1 unspecified atom stereocenters. The van der Waals surface area contributed by atoms with Crippen LogP contribution in [-0.2, 0) is 4.74 Å². The molecular formula is C13H19NO2. The molecule has 1 heterocycles. The summed E-state index contributed by atoms with van der Waals surface area (Å²) >= 11 is 0. The van der Waals surface area contributed by atoms with Gasteiger partial charge in [0.25, 0.3) is 0 Å². The Labute approximate surface area is 96.8 Å². The first-order valence-electron chi connectivity index (χ1n) is 5.69. The summed E-state index contributed by atoms with van der Waals surface area (Å²) in [6, 6.07) is 7.06. The van der Waals surface area contributed by atoms with Crippen LogP contribution in [0.2, 0.25) is 0 Å². The normalized spacial score (nSPS) is 17.9. The van der Waals surface area contributed by atoms with Crippen LogP contribution in [-0.4, -0.2) is 26.4 Å². The minimum absolute atomic E-state index is 0.295. The largest absolute Gasteiger partial charge is 0.496 e. The van der Waals surface area contributed by atoms with Gasteiger partial charge in [-0.3, -0.25) is 0 Å². The van der Waals surface area contributed by atoms with Crippen molar-refractivity contribution in [3.8, 4) is 5.75 Å². The zero-order valence-electron chi connectivity index (χ0n) is 10.1. The summed E-state index contributed by atoms with van der Waals surface area (Å²) in [5, 5.41) is 3.53. The molecule has 1 aromatic rings. The van der Waals surface area contributed by atoms with E-state index in [2.05, 4.69) is 31.3 Å². The molecule has 1 atom stereocenters. The summed E-state index contributed by atoms with van der Waals surface area (Å²) in [4.78, 5) is 0. The second kappa shape index (κ2) is 4.85. The first-order valence-corrected chi connectivity index (χ1v) is 5.69. The van der Waals surface area contributed by atoms with E-state index in [9.17, 15) is 0 Å². The van der Waals surface area contributed by atoms with Gasteiger partial charge in [0.2, 0.25) is 0 Å². The number of aryl methyl sites for hydroxylation is 1. The standard InChI is InChI=1S/C13H19NO2/c1-9-4-5-13(15-3)12(6-9)10(2)14-11-7-16-8-11/h4-6,10-11,14H,7-8H2,1-3H3. The molecule has 1 fully saturated rings. The van der Waals surface area contributed by atoms with Crippen LogP contribution < -0.4 is 10.1 Å². The lowest BCUT2D eigenvalue weighted by Crippen LogP contribution is -2.46. The molecule has 1 saturated heterocycles. The molecule has 1 N–H and O–H groups in total. The van der Waals surface area contributed by atoms with E-state index in [1.165, 1.54) is 11.1 Å². The van der Waals surface area contributed by atoms with Gasteiger partial charge in [-0.15, -0.1) is 0 Å². The molecule has 0 aliphatic carbocycles. The average Bonchev–Trinajstić information content (AvgIpc) is 2.23. The number of methoxy groups -OCH3 is 1. The van der Waals surface area contributed by atoms with Gasteiger partial charge >= 0.3 is 0 Å². The van der Waals surface area contributed by atoms with Crippen molar-refractivity contribution in [2.45, 2.75) is 25.9 Å². The fourth-order valence-electron chi connectivity index (χ4n) is 1.97. The third kappa shape index (κ3) is 2.36. The first kappa shape index (κ1) is 11.4. The molecule has 16 heavy (non-hydrogen) atoms. The number of nitrogens with one attached hydrogen (secondary N) is 1. The topological polar surface area (TPSA) is 30.5 Å². The Morgan fingerprint density at radius 3 is 2.75 bits per heavy atom. The molecule has 0 bridgehead atoms. The van der Waals surface area contributed by atoms with Crippen LogP contribution in [0.25, 0.3) is 0 Å². The Morgan fingerprint density at radius 1 is 1.44 bits per heavy atom. The number of ether oxygens (including phenoxy) is 2. The van der Waals surface area contributed by atoms with Crippen LogP contribution in [0.3, 0.4) is 0 Å². The Hall–Kier alpha value is -1.06. The number of rotatable bonds is 4. The van der Waals surface area contributed by atoms with E-state index in [1.54, 1.807) is 7.11 Å². The highest BCUT2D eigenvalue weighted by atomic mass is 16.5. The number of hydrogen-bond acceptors (Lipinski definition) is 3. The Balaban J connectivity index is 2.13. The van der Waals surface area contributed by atoms with Crippen LogP contribution in [0, 0.1) is 6.92 Å². The lowest BCUT2D eigenvalue weighted by atomic mass is 10.0. The van der Waals surface area contributed by atoms with Crippen molar-refractivity contribution in [1.29, 1.82) is 0 Å². The van der Waals surface area contributed by atoms with E-state index in [0.29, 0.717) is 12.1 Å². The zero-order chi connectivity index (χ0) is 11.5. The Kier molecular flexibility index (Phi) is 3.46. The maximum absolute atomic E-state index is 5.38. The van der Waals surface area contributed by atoms with Crippen LogP contribution >= 0.6 is 0 Å². The summed E-state index contributed by atoms with van der Waals surface area (Å²) in [5.41, 5.74) is 2.48. The summed E-state index contributed by atoms with van der Waals surface area (Å²) < 4.78 is 10.5. The predicted octanol–water partition coefficient (Wildman–Crippen LogP) is 2.05. The van der Waals surface area contributed by atoms with Crippen LogP contribution in [0.4, 0.5) is 0 Å². The first-order chi connectivity index (χ1) is 7.70. The molecule has 88 valence electrons. The molecule has 3 nitrogen and oxygen atoms in total. The summed E-state index contributed by atoms with van der Waals surface area (Å²) in [5.74, 6) is 0.950. The smallest absolute Gasteiger partial charge is 0.123 e. The van der Waals surface area contributed by atoms with E-state index in [1.807, 2.05) is 6.07 Å². The van der Waals surface area contributed by atoms with E-state index in [4.69, 9.17) is 9.47 Å². The van der Waals surface area contributed by atoms with Gasteiger partial charge < -0.3 is 14.8 Å². The van der Waals surface area contributed by atoms with Crippen molar-refractivity contribution in [3.63, 3.8) is 0 Å². The van der Waals surface area contributed by atoms with Gasteiger partial charge in [-0.25, -0.2) is 0 Å². The van der Waals surface area contributed by atoms with Gasteiger partial charge in [-0.05, 0) is 19.9 Å². The van der Waals surface area contributed by atoms with Crippen molar-refractivity contribution in [2.24, 2.45) is 0 Å². The zero-order valence-corrected chi connectivity index (χ0v) is 10.1. The van der Waals surface area contributed by atoms with Gasteiger partial charge in [0.05, 0.1) is 26.4 Å². The monoisotopic (exact) mass is 221 g/mol. The molecule has 0 radical (unpaired) electrons. The fraction of sp³-hybridized carbons (Fsp3) is 0.538. The molecule has 1 aromatic carbocycles. The molecule has 0 aromatic heterocycles. The molecule has 1 aliphatic rings. The van der Waals surface area contributed by atoms with Crippen molar-refractivity contribution in [2.75, 3.05) is 20.3 Å².